The van der Waals surface area contributed by atoms with Crippen molar-refractivity contribution in [2.45, 2.75) is 61.9 Å². The minimum Gasteiger partial charge on any atom is -0.490 e. The second-order valence-corrected chi connectivity index (χ2v) is 11.6. The zero-order chi connectivity index (χ0) is 26.6. The van der Waals surface area contributed by atoms with Gasteiger partial charge in [-0.3, -0.25) is 9.59 Å². The third-order valence-corrected chi connectivity index (χ3v) is 9.44. The first-order valence-corrected chi connectivity index (χ1v) is 14.0. The monoisotopic (exact) mass is 535 g/mol. The fraction of sp³-hybridized carbons (Fsp3) is 0.429. The van der Waals surface area contributed by atoms with Crippen molar-refractivity contribution in [1.82, 2.24) is 5.32 Å². The van der Waals surface area contributed by atoms with E-state index >= 15 is 0 Å². The molecule has 9 nitrogen and oxygen atoms in total. The maximum absolute atomic E-state index is 13.9. The Morgan fingerprint density at radius 2 is 1.79 bits per heavy atom. The molecule has 0 bridgehead atoms. The zero-order valence-corrected chi connectivity index (χ0v) is 21.9. The minimum absolute atomic E-state index is 0.0873. The predicted octanol–water partition coefficient (Wildman–Crippen LogP) is 2.44. The van der Waals surface area contributed by atoms with Crippen molar-refractivity contribution >= 4 is 38.8 Å². The Hall–Kier alpha value is -3.02. The van der Waals surface area contributed by atoms with E-state index < -0.39 is 11.6 Å². The van der Waals surface area contributed by atoms with Crippen molar-refractivity contribution < 1.29 is 19.1 Å². The lowest BCUT2D eigenvalue weighted by Gasteiger charge is -2.36. The van der Waals surface area contributed by atoms with Crippen molar-refractivity contribution in [3.05, 3.63) is 58.0 Å². The Morgan fingerprint density at radius 1 is 1.05 bits per heavy atom. The molecule has 2 aliphatic carbocycles. The molecule has 2 aromatic carbocycles. The lowest BCUT2D eigenvalue weighted by atomic mass is 9.70. The average molecular weight is 536 g/mol. The lowest BCUT2D eigenvalue weighted by molar-refractivity contribution is -0.124. The number of anilines is 1. The number of ether oxygens (including phenoxy) is 2. The number of carbonyl (C=O) groups is 2. The molecule has 38 heavy (non-hydrogen) atoms. The summed E-state index contributed by atoms with van der Waals surface area (Å²) in [4.78, 5) is 27.7. The normalized spacial score (nSPS) is 27.6. The molecule has 2 fully saturated rings. The van der Waals surface area contributed by atoms with Crippen LogP contribution in [0.3, 0.4) is 0 Å². The Morgan fingerprint density at radius 3 is 2.47 bits per heavy atom. The molecule has 1 saturated heterocycles. The summed E-state index contributed by atoms with van der Waals surface area (Å²) in [5, 5.41) is 3.74. The maximum atomic E-state index is 13.9. The van der Waals surface area contributed by atoms with Gasteiger partial charge >= 0.3 is 0 Å². The average Bonchev–Trinajstić information content (AvgIpc) is 3.52. The summed E-state index contributed by atoms with van der Waals surface area (Å²) in [7, 11) is 0. The van der Waals surface area contributed by atoms with Gasteiger partial charge in [0, 0.05) is 41.6 Å². The van der Waals surface area contributed by atoms with E-state index in [2.05, 4.69) is 5.32 Å². The van der Waals surface area contributed by atoms with Gasteiger partial charge in [-0.2, -0.15) is 0 Å². The van der Waals surface area contributed by atoms with Crippen LogP contribution in [0, 0.1) is 0 Å². The number of nitrogens with two attached hydrogens (primary N) is 4. The highest BCUT2D eigenvalue weighted by Crippen LogP contribution is 2.49. The molecule has 2 heterocycles. The number of hydrogen-bond donors (Lipinski definition) is 5. The molecule has 10 heteroatoms. The number of Topliss-reactive ketones (excluding diaryl/α,β-unsaturated/α-hetero) is 1. The fourth-order valence-corrected chi connectivity index (χ4v) is 7.23. The molecule has 4 atom stereocenters. The number of benzene rings is 2. The van der Waals surface area contributed by atoms with Gasteiger partial charge in [0.05, 0.1) is 28.8 Å². The highest BCUT2D eigenvalue weighted by molar-refractivity contribution is 7.21. The zero-order valence-electron chi connectivity index (χ0n) is 21.1. The van der Waals surface area contributed by atoms with Gasteiger partial charge in [-0.15, -0.1) is 11.3 Å². The summed E-state index contributed by atoms with van der Waals surface area (Å²) < 4.78 is 12.2. The van der Waals surface area contributed by atoms with Gasteiger partial charge in [0.25, 0.3) is 5.91 Å². The number of amides is 1. The van der Waals surface area contributed by atoms with E-state index in [-0.39, 0.29) is 29.9 Å². The maximum Gasteiger partial charge on any atom is 0.262 e. The summed E-state index contributed by atoms with van der Waals surface area (Å²) in [5.74, 6) is 0.0510. The number of thiophene rings is 1. The van der Waals surface area contributed by atoms with Gasteiger partial charge in [0.15, 0.2) is 5.78 Å². The predicted molar refractivity (Wildman–Crippen MR) is 147 cm³/mol. The van der Waals surface area contributed by atoms with Crippen molar-refractivity contribution in [2.75, 3.05) is 18.9 Å². The second kappa shape index (κ2) is 9.62. The van der Waals surface area contributed by atoms with E-state index in [0.29, 0.717) is 56.3 Å². The molecule has 9 N–H and O–H groups in total. The Bertz CT molecular complexity index is 1400. The topological polar surface area (TPSA) is 169 Å². The van der Waals surface area contributed by atoms with Crippen LogP contribution in [0.2, 0.25) is 0 Å². The van der Waals surface area contributed by atoms with Crippen LogP contribution < -0.4 is 33.0 Å². The molecule has 200 valence electrons. The second-order valence-electron chi connectivity index (χ2n) is 10.5. The summed E-state index contributed by atoms with van der Waals surface area (Å²) in [6.07, 6.45) is 4.43. The summed E-state index contributed by atoms with van der Waals surface area (Å²) in [6, 6.07) is 9.53. The van der Waals surface area contributed by atoms with E-state index in [1.165, 1.54) is 11.3 Å². The number of nitrogen functional groups attached to an aromatic ring is 1. The van der Waals surface area contributed by atoms with Crippen molar-refractivity contribution in [3.8, 4) is 5.75 Å². The first-order valence-electron chi connectivity index (χ1n) is 13.1. The Balaban J connectivity index is 1.39. The van der Waals surface area contributed by atoms with Gasteiger partial charge < -0.3 is 37.7 Å². The summed E-state index contributed by atoms with van der Waals surface area (Å²) >= 11 is 1.25. The molecule has 0 radical (unpaired) electrons. The molecule has 1 saturated carbocycles. The van der Waals surface area contributed by atoms with Crippen molar-refractivity contribution in [3.63, 3.8) is 0 Å². The van der Waals surface area contributed by atoms with Crippen LogP contribution in [0.5, 0.6) is 5.75 Å². The molecule has 3 aliphatic rings. The van der Waals surface area contributed by atoms with E-state index in [1.54, 1.807) is 12.1 Å². The molecule has 2 unspecified atom stereocenters. The standard InChI is InChI=1S/C28H33N5O4S/c29-18-2-1-3-20(18)33-27(35)25-22-21-17(8-9-19(30)24(21)38-25)28(32,26(34)23(22)31)14-4-6-15(7-5-14)37-16-10-12-36-13-11-16/h4-9,16,18,20,23H,1-3,10-13,29-32H2,(H,33,35)/t18-,20+,23?,28?/m0/s1. The smallest absolute Gasteiger partial charge is 0.262 e. The highest BCUT2D eigenvalue weighted by Gasteiger charge is 2.49. The molecule has 3 aromatic rings. The molecule has 1 aliphatic heterocycles. The fourth-order valence-electron chi connectivity index (χ4n) is 6.03. The number of rotatable bonds is 5. The number of hydrogen-bond acceptors (Lipinski definition) is 9. The van der Waals surface area contributed by atoms with Crippen LogP contribution in [-0.4, -0.2) is 43.1 Å². The first kappa shape index (κ1) is 25.3. The van der Waals surface area contributed by atoms with E-state index in [1.807, 2.05) is 24.3 Å². The van der Waals surface area contributed by atoms with Gasteiger partial charge in [-0.25, -0.2) is 0 Å². The lowest BCUT2D eigenvalue weighted by Crippen LogP contribution is -2.52. The van der Waals surface area contributed by atoms with Crippen molar-refractivity contribution in [1.29, 1.82) is 0 Å². The Labute approximate surface area is 224 Å². The SMILES string of the molecule is Nc1ccc2c3c(c(C(=O)N[C@@H]4CCC[C@@H]4N)sc13)C(N)C(=O)C2(N)c1ccc(OC2CCOCC2)cc1. The van der Waals surface area contributed by atoms with Crippen LogP contribution in [0.15, 0.2) is 36.4 Å². The molecular weight excluding hydrogens is 502 g/mol. The molecule has 1 amide bonds. The quantitative estimate of drug-likeness (QED) is 0.310. The third-order valence-electron chi connectivity index (χ3n) is 8.19. The number of nitrogens with one attached hydrogen (secondary N) is 1. The largest absolute Gasteiger partial charge is 0.490 e. The van der Waals surface area contributed by atoms with E-state index in [4.69, 9.17) is 32.4 Å². The van der Waals surface area contributed by atoms with Crippen LogP contribution >= 0.6 is 11.3 Å². The third kappa shape index (κ3) is 3.99. The molecule has 6 rings (SSSR count). The van der Waals surface area contributed by atoms with Crippen LogP contribution in [-0.2, 0) is 15.1 Å². The Kier molecular flexibility index (Phi) is 6.40. The van der Waals surface area contributed by atoms with Gasteiger partial charge in [-0.05, 0) is 48.6 Å². The molecule has 1 aromatic heterocycles. The van der Waals surface area contributed by atoms with Gasteiger partial charge in [0.2, 0.25) is 0 Å². The number of ketones is 1. The van der Waals surface area contributed by atoms with E-state index in [9.17, 15) is 9.59 Å². The van der Waals surface area contributed by atoms with Crippen LogP contribution in [0.4, 0.5) is 5.69 Å². The number of carbonyl (C=O) groups excluding carboxylic acids is 2. The highest BCUT2D eigenvalue weighted by atomic mass is 32.1. The van der Waals surface area contributed by atoms with Crippen LogP contribution in [0.25, 0.3) is 10.1 Å². The minimum atomic E-state index is -1.50. The van der Waals surface area contributed by atoms with E-state index in [0.717, 1.165) is 32.1 Å². The molecule has 0 spiro atoms. The van der Waals surface area contributed by atoms with Gasteiger partial charge in [0.1, 0.15) is 17.4 Å². The van der Waals surface area contributed by atoms with Crippen molar-refractivity contribution in [2.24, 2.45) is 17.2 Å². The summed E-state index contributed by atoms with van der Waals surface area (Å²) in [6.45, 7) is 1.37. The molecular formula is C28H33N5O4S. The summed E-state index contributed by atoms with van der Waals surface area (Å²) in [5.41, 5.74) is 26.8. The van der Waals surface area contributed by atoms with Gasteiger partial charge in [-0.1, -0.05) is 18.2 Å². The van der Waals surface area contributed by atoms with Crippen LogP contribution in [0.1, 0.15) is 64.5 Å². The first-order chi connectivity index (χ1) is 18.3.